The fraction of sp³-hybridized carbons (Fsp3) is 0.389. The molecule has 0 bridgehead atoms. The molecule has 1 aromatic carbocycles. The van der Waals surface area contributed by atoms with E-state index in [1.807, 2.05) is 31.2 Å². The van der Waals surface area contributed by atoms with E-state index in [0.717, 1.165) is 37.4 Å². The molecule has 0 unspecified atom stereocenters. The van der Waals surface area contributed by atoms with Crippen molar-refractivity contribution in [1.29, 1.82) is 0 Å². The molecular weight excluding hydrogens is 290 g/mol. The van der Waals surface area contributed by atoms with Gasteiger partial charge in [0.15, 0.2) is 0 Å². The summed E-state index contributed by atoms with van der Waals surface area (Å²) in [4.78, 5) is 22.8. The molecule has 120 valence electrons. The minimum Gasteiger partial charge on any atom is -0.461 e. The highest BCUT2D eigenvalue weighted by Gasteiger charge is 2.27. The van der Waals surface area contributed by atoms with Gasteiger partial charge in [-0.05, 0) is 31.4 Å². The number of ether oxygens (including phenoxy) is 1. The molecule has 1 fully saturated rings. The Bertz CT molecular complexity index is 635. The van der Waals surface area contributed by atoms with Crippen LogP contribution in [0.4, 0.5) is 5.95 Å². The molecule has 0 amide bonds. The van der Waals surface area contributed by atoms with Crippen molar-refractivity contribution >= 4 is 11.9 Å². The van der Waals surface area contributed by atoms with Crippen molar-refractivity contribution in [1.82, 2.24) is 9.97 Å². The van der Waals surface area contributed by atoms with Gasteiger partial charge in [-0.15, -0.1) is 0 Å². The van der Waals surface area contributed by atoms with E-state index < -0.39 is 0 Å². The summed E-state index contributed by atoms with van der Waals surface area (Å²) in [5.74, 6) is 0.610. The molecule has 5 heteroatoms. The molecule has 23 heavy (non-hydrogen) atoms. The van der Waals surface area contributed by atoms with Crippen LogP contribution in [-0.4, -0.2) is 29.0 Å². The molecule has 0 aliphatic carbocycles. The lowest BCUT2D eigenvalue weighted by atomic mass is 9.97. The largest absolute Gasteiger partial charge is 0.461 e. The molecule has 2 heterocycles. The third-order valence-corrected chi connectivity index (χ3v) is 4.16. The van der Waals surface area contributed by atoms with Crippen LogP contribution in [0.15, 0.2) is 42.7 Å². The number of aromatic nitrogens is 2. The normalized spacial score (nSPS) is 15.4. The summed E-state index contributed by atoms with van der Waals surface area (Å²) in [6.45, 7) is 3.96. The predicted octanol–water partition coefficient (Wildman–Crippen LogP) is 2.74. The second kappa shape index (κ2) is 7.22. The van der Waals surface area contributed by atoms with Gasteiger partial charge in [0, 0.05) is 25.5 Å². The molecule has 2 aromatic rings. The summed E-state index contributed by atoms with van der Waals surface area (Å²) in [7, 11) is 0. The lowest BCUT2D eigenvalue weighted by molar-refractivity contribution is -0.150. The van der Waals surface area contributed by atoms with E-state index >= 15 is 0 Å². The highest BCUT2D eigenvalue weighted by Crippen LogP contribution is 2.21. The Morgan fingerprint density at radius 2 is 1.83 bits per heavy atom. The lowest BCUT2D eigenvalue weighted by Gasteiger charge is -2.30. The summed E-state index contributed by atoms with van der Waals surface area (Å²) in [5, 5.41) is 0. The maximum absolute atomic E-state index is 12.2. The van der Waals surface area contributed by atoms with E-state index in [9.17, 15) is 4.79 Å². The maximum atomic E-state index is 12.2. The Hall–Kier alpha value is -2.43. The van der Waals surface area contributed by atoms with Crippen LogP contribution in [0.25, 0.3) is 0 Å². The highest BCUT2D eigenvalue weighted by atomic mass is 16.5. The summed E-state index contributed by atoms with van der Waals surface area (Å²) >= 11 is 0. The van der Waals surface area contributed by atoms with E-state index in [0.29, 0.717) is 6.61 Å². The first kappa shape index (κ1) is 15.5. The van der Waals surface area contributed by atoms with E-state index in [1.54, 1.807) is 18.5 Å². The van der Waals surface area contributed by atoms with Crippen LogP contribution < -0.4 is 4.90 Å². The Kier molecular flexibility index (Phi) is 4.86. The molecule has 5 nitrogen and oxygen atoms in total. The molecule has 0 N–H and O–H groups in total. The zero-order valence-electron chi connectivity index (χ0n) is 13.3. The number of carbonyl (C=O) groups excluding carboxylic acids is 1. The fourth-order valence-corrected chi connectivity index (χ4v) is 2.73. The Balaban J connectivity index is 1.47. The van der Waals surface area contributed by atoms with Crippen molar-refractivity contribution < 1.29 is 9.53 Å². The van der Waals surface area contributed by atoms with Crippen LogP contribution in [-0.2, 0) is 16.1 Å². The molecule has 0 spiro atoms. The molecule has 1 aromatic heterocycles. The number of aryl methyl sites for hydroxylation is 1. The zero-order chi connectivity index (χ0) is 16.1. The minimum absolute atomic E-state index is 0.0274. The van der Waals surface area contributed by atoms with Gasteiger partial charge in [-0.2, -0.15) is 0 Å². The molecule has 0 saturated carbocycles. The van der Waals surface area contributed by atoms with Crippen LogP contribution in [0, 0.1) is 12.8 Å². The summed E-state index contributed by atoms with van der Waals surface area (Å²) in [6, 6.07) is 9.86. The van der Waals surface area contributed by atoms with Gasteiger partial charge in [-0.25, -0.2) is 9.97 Å². The Morgan fingerprint density at radius 1 is 1.17 bits per heavy atom. The van der Waals surface area contributed by atoms with Crippen molar-refractivity contribution in [2.75, 3.05) is 18.0 Å². The van der Waals surface area contributed by atoms with Gasteiger partial charge in [-0.1, -0.05) is 29.8 Å². The smallest absolute Gasteiger partial charge is 0.309 e. The number of hydrogen-bond acceptors (Lipinski definition) is 5. The van der Waals surface area contributed by atoms with Gasteiger partial charge in [0.2, 0.25) is 5.95 Å². The Labute approximate surface area is 136 Å². The van der Waals surface area contributed by atoms with Gasteiger partial charge >= 0.3 is 5.97 Å². The quantitative estimate of drug-likeness (QED) is 0.813. The van der Waals surface area contributed by atoms with Gasteiger partial charge in [0.25, 0.3) is 0 Å². The van der Waals surface area contributed by atoms with Gasteiger partial charge < -0.3 is 9.64 Å². The van der Waals surface area contributed by atoms with Gasteiger partial charge in [0.05, 0.1) is 5.92 Å². The number of nitrogens with zero attached hydrogens (tertiary/aromatic N) is 3. The second-order valence-electron chi connectivity index (χ2n) is 5.90. The number of benzene rings is 1. The van der Waals surface area contributed by atoms with Crippen molar-refractivity contribution in [2.24, 2.45) is 5.92 Å². The molecular formula is C18H21N3O2. The third-order valence-electron chi connectivity index (χ3n) is 4.16. The molecule has 1 saturated heterocycles. The SMILES string of the molecule is Cc1ccc(COC(=O)C2CCN(c3ncccn3)CC2)cc1. The second-order valence-corrected chi connectivity index (χ2v) is 5.90. The molecule has 1 aliphatic heterocycles. The van der Waals surface area contributed by atoms with Crippen molar-refractivity contribution in [3.05, 3.63) is 53.9 Å². The average molecular weight is 311 g/mol. The Morgan fingerprint density at radius 3 is 2.48 bits per heavy atom. The number of hydrogen-bond donors (Lipinski definition) is 0. The van der Waals surface area contributed by atoms with Crippen LogP contribution in [0.3, 0.4) is 0 Å². The molecule has 0 radical (unpaired) electrons. The molecule has 3 rings (SSSR count). The number of rotatable bonds is 4. The first-order valence-corrected chi connectivity index (χ1v) is 7.96. The van der Waals surface area contributed by atoms with Crippen molar-refractivity contribution in [2.45, 2.75) is 26.4 Å². The topological polar surface area (TPSA) is 55.3 Å². The lowest BCUT2D eigenvalue weighted by Crippen LogP contribution is -2.37. The third kappa shape index (κ3) is 4.06. The first-order valence-electron chi connectivity index (χ1n) is 7.96. The first-order chi connectivity index (χ1) is 11.2. The standard InChI is InChI=1S/C18H21N3O2/c1-14-3-5-15(6-4-14)13-23-17(22)16-7-11-21(12-8-16)18-19-9-2-10-20-18/h2-6,9-10,16H,7-8,11-13H2,1H3. The number of esters is 1. The van der Waals surface area contributed by atoms with E-state index in [4.69, 9.17) is 4.74 Å². The van der Waals surface area contributed by atoms with Crippen molar-refractivity contribution in [3.63, 3.8) is 0 Å². The van der Waals surface area contributed by atoms with Crippen LogP contribution in [0.1, 0.15) is 24.0 Å². The molecule has 1 aliphatic rings. The maximum Gasteiger partial charge on any atom is 0.309 e. The number of carbonyl (C=O) groups is 1. The fourth-order valence-electron chi connectivity index (χ4n) is 2.73. The summed E-state index contributed by atoms with van der Waals surface area (Å²) in [5.41, 5.74) is 2.23. The van der Waals surface area contributed by atoms with Gasteiger partial charge in [0.1, 0.15) is 6.61 Å². The molecule has 0 atom stereocenters. The van der Waals surface area contributed by atoms with Gasteiger partial charge in [-0.3, -0.25) is 4.79 Å². The predicted molar refractivity (Wildman–Crippen MR) is 87.9 cm³/mol. The van der Waals surface area contributed by atoms with Crippen LogP contribution in [0.2, 0.25) is 0 Å². The summed E-state index contributed by atoms with van der Waals surface area (Å²) in [6.07, 6.45) is 5.05. The van der Waals surface area contributed by atoms with E-state index in [-0.39, 0.29) is 11.9 Å². The monoisotopic (exact) mass is 311 g/mol. The average Bonchev–Trinajstić information content (AvgIpc) is 2.62. The summed E-state index contributed by atoms with van der Waals surface area (Å²) < 4.78 is 5.46. The highest BCUT2D eigenvalue weighted by molar-refractivity contribution is 5.72. The van der Waals surface area contributed by atoms with E-state index in [1.165, 1.54) is 5.56 Å². The van der Waals surface area contributed by atoms with Crippen LogP contribution in [0.5, 0.6) is 0 Å². The van der Waals surface area contributed by atoms with E-state index in [2.05, 4.69) is 14.9 Å². The van der Waals surface area contributed by atoms with Crippen molar-refractivity contribution in [3.8, 4) is 0 Å². The zero-order valence-corrected chi connectivity index (χ0v) is 13.3. The number of anilines is 1. The number of piperidine rings is 1. The van der Waals surface area contributed by atoms with Crippen LogP contribution >= 0.6 is 0 Å². The minimum atomic E-state index is -0.0980.